The van der Waals surface area contributed by atoms with Crippen molar-refractivity contribution in [3.8, 4) is 17.1 Å². The van der Waals surface area contributed by atoms with Gasteiger partial charge in [-0.2, -0.15) is 5.10 Å². The van der Waals surface area contributed by atoms with E-state index in [1.165, 1.54) is 0 Å². The number of pyridine rings is 1. The van der Waals surface area contributed by atoms with E-state index in [1.807, 2.05) is 67.6 Å². The SMILES string of the molecule is Cc1ccc(-c2nn(-c3ccccc3)cc2C(=O)NCc2ccccn2)o1. The summed E-state index contributed by atoms with van der Waals surface area (Å²) in [4.78, 5) is 17.1. The molecule has 3 heterocycles. The Morgan fingerprint density at radius 3 is 2.59 bits per heavy atom. The largest absolute Gasteiger partial charge is 0.460 e. The Balaban J connectivity index is 1.67. The zero-order valence-corrected chi connectivity index (χ0v) is 14.8. The molecule has 1 aromatic carbocycles. The molecule has 4 rings (SSSR count). The van der Waals surface area contributed by atoms with Crippen LogP contribution < -0.4 is 5.32 Å². The van der Waals surface area contributed by atoms with Crippen molar-refractivity contribution in [1.29, 1.82) is 0 Å². The highest BCUT2D eigenvalue weighted by atomic mass is 16.3. The van der Waals surface area contributed by atoms with Gasteiger partial charge in [-0.05, 0) is 43.3 Å². The Hall–Kier alpha value is -3.67. The van der Waals surface area contributed by atoms with Crippen molar-refractivity contribution in [2.45, 2.75) is 13.5 Å². The van der Waals surface area contributed by atoms with E-state index >= 15 is 0 Å². The molecule has 0 saturated heterocycles. The summed E-state index contributed by atoms with van der Waals surface area (Å²) >= 11 is 0. The molecule has 1 amide bonds. The summed E-state index contributed by atoms with van der Waals surface area (Å²) in [6.45, 7) is 2.20. The fourth-order valence-corrected chi connectivity index (χ4v) is 2.77. The molecule has 0 bridgehead atoms. The second-order valence-corrected chi connectivity index (χ2v) is 6.09. The summed E-state index contributed by atoms with van der Waals surface area (Å²) in [5.41, 5.74) is 2.61. The number of carbonyl (C=O) groups is 1. The lowest BCUT2D eigenvalue weighted by atomic mass is 10.2. The third kappa shape index (κ3) is 3.64. The van der Waals surface area contributed by atoms with Crippen LogP contribution in [0.2, 0.25) is 0 Å². The van der Waals surface area contributed by atoms with Gasteiger partial charge in [0.15, 0.2) is 5.76 Å². The van der Waals surface area contributed by atoms with E-state index in [4.69, 9.17) is 4.42 Å². The van der Waals surface area contributed by atoms with Crippen LogP contribution in [0.5, 0.6) is 0 Å². The maximum absolute atomic E-state index is 12.8. The van der Waals surface area contributed by atoms with Gasteiger partial charge in [-0.1, -0.05) is 24.3 Å². The highest BCUT2D eigenvalue weighted by molar-refractivity contribution is 5.99. The van der Waals surface area contributed by atoms with Gasteiger partial charge in [0.1, 0.15) is 11.5 Å². The third-order valence-corrected chi connectivity index (χ3v) is 4.11. The predicted octanol–water partition coefficient (Wildman–Crippen LogP) is 3.77. The number of hydrogen-bond donors (Lipinski definition) is 1. The molecule has 0 saturated carbocycles. The quantitative estimate of drug-likeness (QED) is 0.589. The van der Waals surface area contributed by atoms with Crippen LogP contribution >= 0.6 is 0 Å². The van der Waals surface area contributed by atoms with Crippen LogP contribution in [0.25, 0.3) is 17.1 Å². The summed E-state index contributed by atoms with van der Waals surface area (Å²) in [5, 5.41) is 7.49. The molecule has 6 heteroatoms. The van der Waals surface area contributed by atoms with Gasteiger partial charge in [0, 0.05) is 12.4 Å². The fourth-order valence-electron chi connectivity index (χ4n) is 2.77. The van der Waals surface area contributed by atoms with Gasteiger partial charge in [-0.3, -0.25) is 9.78 Å². The van der Waals surface area contributed by atoms with Gasteiger partial charge >= 0.3 is 0 Å². The maximum Gasteiger partial charge on any atom is 0.255 e. The predicted molar refractivity (Wildman–Crippen MR) is 101 cm³/mol. The molecule has 4 aromatic rings. The van der Waals surface area contributed by atoms with E-state index in [9.17, 15) is 4.79 Å². The number of benzene rings is 1. The van der Waals surface area contributed by atoms with Gasteiger partial charge in [0.2, 0.25) is 0 Å². The minimum atomic E-state index is -0.230. The molecule has 0 fully saturated rings. The fraction of sp³-hybridized carbons (Fsp3) is 0.0952. The number of nitrogens with zero attached hydrogens (tertiary/aromatic N) is 3. The third-order valence-electron chi connectivity index (χ3n) is 4.11. The average molecular weight is 358 g/mol. The first-order valence-electron chi connectivity index (χ1n) is 8.61. The van der Waals surface area contributed by atoms with Gasteiger partial charge in [0.05, 0.1) is 23.5 Å². The standard InChI is InChI=1S/C21H18N4O2/c1-15-10-11-19(27-15)20-18(14-25(24-20)17-8-3-2-4-9-17)21(26)23-13-16-7-5-6-12-22-16/h2-12,14H,13H2,1H3,(H,23,26). The Kier molecular flexibility index (Phi) is 4.53. The molecular weight excluding hydrogens is 340 g/mol. The summed E-state index contributed by atoms with van der Waals surface area (Å²) in [6.07, 6.45) is 3.42. The molecule has 6 nitrogen and oxygen atoms in total. The normalized spacial score (nSPS) is 10.7. The highest BCUT2D eigenvalue weighted by Gasteiger charge is 2.20. The van der Waals surface area contributed by atoms with E-state index in [1.54, 1.807) is 17.1 Å². The van der Waals surface area contributed by atoms with Gasteiger partial charge in [-0.15, -0.1) is 0 Å². The summed E-state index contributed by atoms with van der Waals surface area (Å²) in [7, 11) is 0. The maximum atomic E-state index is 12.8. The number of carbonyl (C=O) groups excluding carboxylic acids is 1. The number of furan rings is 1. The van der Waals surface area contributed by atoms with Crippen molar-refractivity contribution < 1.29 is 9.21 Å². The molecule has 0 radical (unpaired) electrons. The van der Waals surface area contributed by atoms with Gasteiger partial charge in [-0.25, -0.2) is 4.68 Å². The molecule has 1 N–H and O–H groups in total. The van der Waals surface area contributed by atoms with E-state index in [2.05, 4.69) is 15.4 Å². The number of rotatable bonds is 5. The lowest BCUT2D eigenvalue weighted by Crippen LogP contribution is -2.23. The minimum absolute atomic E-state index is 0.230. The lowest BCUT2D eigenvalue weighted by molar-refractivity contribution is 0.0951. The van der Waals surface area contributed by atoms with Crippen molar-refractivity contribution >= 4 is 5.91 Å². The Bertz CT molecular complexity index is 1050. The molecule has 0 aliphatic carbocycles. The van der Waals surface area contributed by atoms with Crippen LogP contribution in [0.15, 0.2) is 77.5 Å². The van der Waals surface area contributed by atoms with Gasteiger partial charge in [0.25, 0.3) is 5.91 Å². The van der Waals surface area contributed by atoms with Crippen molar-refractivity contribution in [2.24, 2.45) is 0 Å². The smallest absolute Gasteiger partial charge is 0.255 e. The second kappa shape index (κ2) is 7.29. The van der Waals surface area contributed by atoms with Crippen LogP contribution in [0.3, 0.4) is 0 Å². The molecule has 27 heavy (non-hydrogen) atoms. The molecule has 3 aromatic heterocycles. The Morgan fingerprint density at radius 1 is 1.07 bits per heavy atom. The molecule has 0 aliphatic rings. The van der Waals surface area contributed by atoms with E-state index in [0.717, 1.165) is 17.1 Å². The zero-order chi connectivity index (χ0) is 18.6. The average Bonchev–Trinajstić information content (AvgIpc) is 3.34. The molecule has 134 valence electrons. The molecule has 0 spiro atoms. The summed E-state index contributed by atoms with van der Waals surface area (Å²) < 4.78 is 7.39. The van der Waals surface area contributed by atoms with E-state index in [-0.39, 0.29) is 5.91 Å². The number of amides is 1. The van der Waals surface area contributed by atoms with Crippen LogP contribution in [0.1, 0.15) is 21.8 Å². The lowest BCUT2D eigenvalue weighted by Gasteiger charge is -2.04. The Morgan fingerprint density at radius 2 is 1.89 bits per heavy atom. The number of aromatic nitrogens is 3. The monoisotopic (exact) mass is 358 g/mol. The number of aryl methyl sites for hydroxylation is 1. The number of nitrogens with one attached hydrogen (secondary N) is 1. The van der Waals surface area contributed by atoms with Crippen molar-refractivity contribution in [3.05, 3.63) is 90.1 Å². The first-order chi connectivity index (χ1) is 13.2. The van der Waals surface area contributed by atoms with E-state index < -0.39 is 0 Å². The highest BCUT2D eigenvalue weighted by Crippen LogP contribution is 2.25. The number of hydrogen-bond acceptors (Lipinski definition) is 4. The second-order valence-electron chi connectivity index (χ2n) is 6.09. The molecule has 0 aliphatic heterocycles. The first kappa shape index (κ1) is 16.8. The van der Waals surface area contributed by atoms with E-state index in [0.29, 0.717) is 23.6 Å². The van der Waals surface area contributed by atoms with Crippen LogP contribution in [0.4, 0.5) is 0 Å². The Labute approximate surface area is 156 Å². The molecular formula is C21H18N4O2. The molecule has 0 atom stereocenters. The minimum Gasteiger partial charge on any atom is -0.460 e. The summed E-state index contributed by atoms with van der Waals surface area (Å²) in [6, 6.07) is 18.9. The topological polar surface area (TPSA) is 73.0 Å². The summed E-state index contributed by atoms with van der Waals surface area (Å²) in [5.74, 6) is 1.09. The van der Waals surface area contributed by atoms with Crippen molar-refractivity contribution in [3.63, 3.8) is 0 Å². The zero-order valence-electron chi connectivity index (χ0n) is 14.8. The van der Waals surface area contributed by atoms with Crippen LogP contribution in [-0.2, 0) is 6.54 Å². The van der Waals surface area contributed by atoms with Crippen molar-refractivity contribution in [1.82, 2.24) is 20.1 Å². The number of para-hydroxylation sites is 1. The van der Waals surface area contributed by atoms with Crippen LogP contribution in [-0.4, -0.2) is 20.7 Å². The first-order valence-corrected chi connectivity index (χ1v) is 8.61. The van der Waals surface area contributed by atoms with Crippen molar-refractivity contribution in [2.75, 3.05) is 0 Å². The van der Waals surface area contributed by atoms with Gasteiger partial charge < -0.3 is 9.73 Å². The molecule has 0 unspecified atom stereocenters. The van der Waals surface area contributed by atoms with Crippen LogP contribution in [0, 0.1) is 6.92 Å².